The minimum absolute atomic E-state index is 0.0712. The molecule has 0 heterocycles. The number of hydrogen-bond acceptors (Lipinski definition) is 6. The van der Waals surface area contributed by atoms with E-state index >= 15 is 0 Å². The Morgan fingerprint density at radius 2 is 1.44 bits per heavy atom. The van der Waals surface area contributed by atoms with Gasteiger partial charge in [-0.2, -0.15) is 0 Å². The highest BCUT2D eigenvalue weighted by molar-refractivity contribution is 5.84. The van der Waals surface area contributed by atoms with Crippen LogP contribution in [0.1, 0.15) is 18.1 Å². The molecule has 25 heavy (non-hydrogen) atoms. The SMILES string of the molecule is COc1ccc(C=NCC(C)N=Cc2ccc(OC)cc2O)c(O)c1. The fourth-order valence-corrected chi connectivity index (χ4v) is 2.08. The van der Waals surface area contributed by atoms with Gasteiger partial charge in [0.1, 0.15) is 23.0 Å². The lowest BCUT2D eigenvalue weighted by molar-refractivity contribution is 0.407. The third-order valence-corrected chi connectivity index (χ3v) is 3.54. The molecule has 0 bridgehead atoms. The normalized spacial score (nSPS) is 12.6. The van der Waals surface area contributed by atoms with E-state index in [1.165, 1.54) is 12.1 Å². The molecule has 0 fully saturated rings. The molecule has 0 aliphatic carbocycles. The molecule has 1 unspecified atom stereocenters. The van der Waals surface area contributed by atoms with E-state index in [0.29, 0.717) is 29.2 Å². The van der Waals surface area contributed by atoms with Crippen LogP contribution in [0.2, 0.25) is 0 Å². The molecule has 0 spiro atoms. The Morgan fingerprint density at radius 3 is 1.92 bits per heavy atom. The van der Waals surface area contributed by atoms with Crippen LogP contribution in [0.15, 0.2) is 46.4 Å². The minimum Gasteiger partial charge on any atom is -0.507 e. The third kappa shape index (κ3) is 5.24. The molecule has 0 aromatic heterocycles. The molecule has 2 aromatic rings. The van der Waals surface area contributed by atoms with E-state index in [9.17, 15) is 10.2 Å². The van der Waals surface area contributed by atoms with E-state index in [2.05, 4.69) is 9.98 Å². The fraction of sp³-hybridized carbons (Fsp3) is 0.263. The number of benzene rings is 2. The van der Waals surface area contributed by atoms with Gasteiger partial charge in [-0.25, -0.2) is 0 Å². The van der Waals surface area contributed by atoms with Crippen LogP contribution >= 0.6 is 0 Å². The van der Waals surface area contributed by atoms with E-state index in [0.717, 1.165) is 0 Å². The second kappa shape index (κ2) is 8.73. The molecule has 0 aliphatic heterocycles. The van der Waals surface area contributed by atoms with Crippen molar-refractivity contribution < 1.29 is 19.7 Å². The number of phenols is 2. The zero-order valence-corrected chi connectivity index (χ0v) is 14.5. The Kier molecular flexibility index (Phi) is 6.39. The highest BCUT2D eigenvalue weighted by atomic mass is 16.5. The molecule has 6 heteroatoms. The van der Waals surface area contributed by atoms with Gasteiger partial charge in [0, 0.05) is 35.7 Å². The molecule has 0 saturated heterocycles. The summed E-state index contributed by atoms with van der Waals surface area (Å²) >= 11 is 0. The van der Waals surface area contributed by atoms with Gasteiger partial charge in [0.2, 0.25) is 0 Å². The summed E-state index contributed by atoms with van der Waals surface area (Å²) in [5, 5.41) is 19.8. The van der Waals surface area contributed by atoms with Crippen molar-refractivity contribution in [1.29, 1.82) is 0 Å². The molecular weight excluding hydrogens is 320 g/mol. The Morgan fingerprint density at radius 1 is 0.920 bits per heavy atom. The van der Waals surface area contributed by atoms with Crippen LogP contribution in [0.4, 0.5) is 0 Å². The van der Waals surface area contributed by atoms with Crippen molar-refractivity contribution in [2.75, 3.05) is 20.8 Å². The molecular formula is C19H22N2O4. The van der Waals surface area contributed by atoms with Gasteiger partial charge >= 0.3 is 0 Å². The van der Waals surface area contributed by atoms with Crippen molar-refractivity contribution in [1.82, 2.24) is 0 Å². The average Bonchev–Trinajstić information content (AvgIpc) is 2.61. The van der Waals surface area contributed by atoms with Crippen LogP contribution in [0.3, 0.4) is 0 Å². The standard InChI is InChI=1S/C19H22N2O4/c1-13(21-12-15-5-7-17(25-3)9-19(15)23)10-20-11-14-4-6-16(24-2)8-18(14)22/h4-9,11-13,22-23H,10H2,1-3H3. The van der Waals surface area contributed by atoms with Crippen LogP contribution in [-0.2, 0) is 0 Å². The predicted octanol–water partition coefficient (Wildman–Crippen LogP) is 3.04. The maximum absolute atomic E-state index is 9.89. The van der Waals surface area contributed by atoms with E-state index in [-0.39, 0.29) is 17.5 Å². The summed E-state index contributed by atoms with van der Waals surface area (Å²) in [7, 11) is 3.09. The second-order valence-corrected chi connectivity index (χ2v) is 5.47. The molecule has 0 amide bonds. The van der Waals surface area contributed by atoms with Gasteiger partial charge in [0.15, 0.2) is 0 Å². The number of rotatable bonds is 7. The van der Waals surface area contributed by atoms with Crippen molar-refractivity contribution in [3.63, 3.8) is 0 Å². The summed E-state index contributed by atoms with van der Waals surface area (Å²) in [4.78, 5) is 8.67. The number of methoxy groups -OCH3 is 2. The molecule has 2 aromatic carbocycles. The number of aliphatic imine (C=N–C) groups is 2. The minimum atomic E-state index is -0.0712. The predicted molar refractivity (Wildman–Crippen MR) is 98.8 cm³/mol. The van der Waals surface area contributed by atoms with Crippen molar-refractivity contribution in [2.24, 2.45) is 9.98 Å². The summed E-state index contributed by atoms with van der Waals surface area (Å²) in [6, 6.07) is 10.00. The second-order valence-electron chi connectivity index (χ2n) is 5.47. The number of ether oxygens (including phenoxy) is 2. The molecule has 0 saturated carbocycles. The van der Waals surface area contributed by atoms with Gasteiger partial charge < -0.3 is 19.7 Å². The lowest BCUT2D eigenvalue weighted by Gasteiger charge is -2.05. The summed E-state index contributed by atoms with van der Waals surface area (Å²) in [5.74, 6) is 1.41. The van der Waals surface area contributed by atoms with E-state index < -0.39 is 0 Å². The Hall–Kier alpha value is -3.02. The van der Waals surface area contributed by atoms with Crippen molar-refractivity contribution >= 4 is 12.4 Å². The lowest BCUT2D eigenvalue weighted by atomic mass is 10.2. The van der Waals surface area contributed by atoms with Crippen LogP contribution in [0.5, 0.6) is 23.0 Å². The number of phenolic OH excluding ortho intramolecular Hbond substituents is 2. The van der Waals surface area contributed by atoms with Gasteiger partial charge in [-0.05, 0) is 31.2 Å². The fourth-order valence-electron chi connectivity index (χ4n) is 2.08. The van der Waals surface area contributed by atoms with Gasteiger partial charge in [0.05, 0.1) is 26.8 Å². The van der Waals surface area contributed by atoms with Crippen LogP contribution in [0, 0.1) is 0 Å². The number of aromatic hydroxyl groups is 2. The first-order chi connectivity index (χ1) is 12.0. The van der Waals surface area contributed by atoms with Gasteiger partial charge in [0.25, 0.3) is 0 Å². The van der Waals surface area contributed by atoms with Crippen LogP contribution < -0.4 is 9.47 Å². The Bertz CT molecular complexity index is 772. The lowest BCUT2D eigenvalue weighted by Crippen LogP contribution is -2.04. The highest BCUT2D eigenvalue weighted by Crippen LogP contribution is 2.22. The third-order valence-electron chi connectivity index (χ3n) is 3.54. The monoisotopic (exact) mass is 342 g/mol. The van der Waals surface area contributed by atoms with Crippen molar-refractivity contribution in [2.45, 2.75) is 13.0 Å². The topological polar surface area (TPSA) is 83.6 Å². The van der Waals surface area contributed by atoms with Gasteiger partial charge in [-0.1, -0.05) is 0 Å². The van der Waals surface area contributed by atoms with E-state index in [4.69, 9.17) is 9.47 Å². The van der Waals surface area contributed by atoms with Gasteiger partial charge in [-0.3, -0.25) is 9.98 Å². The quantitative estimate of drug-likeness (QED) is 0.758. The summed E-state index contributed by atoms with van der Waals surface area (Å²) in [5.41, 5.74) is 1.23. The molecule has 0 radical (unpaired) electrons. The van der Waals surface area contributed by atoms with Gasteiger partial charge in [-0.15, -0.1) is 0 Å². The van der Waals surface area contributed by atoms with Crippen molar-refractivity contribution in [3.8, 4) is 23.0 Å². The highest BCUT2D eigenvalue weighted by Gasteiger charge is 2.03. The summed E-state index contributed by atoms with van der Waals surface area (Å²) in [6.07, 6.45) is 3.21. The van der Waals surface area contributed by atoms with E-state index in [1.54, 1.807) is 50.9 Å². The Balaban J connectivity index is 1.95. The maximum Gasteiger partial charge on any atom is 0.128 e. The zero-order chi connectivity index (χ0) is 18.2. The summed E-state index contributed by atoms with van der Waals surface area (Å²) < 4.78 is 10.1. The Labute approximate surface area is 147 Å². The summed E-state index contributed by atoms with van der Waals surface area (Å²) in [6.45, 7) is 2.38. The first-order valence-corrected chi connectivity index (χ1v) is 7.80. The largest absolute Gasteiger partial charge is 0.507 e. The average molecular weight is 342 g/mol. The maximum atomic E-state index is 9.89. The zero-order valence-electron chi connectivity index (χ0n) is 14.5. The molecule has 0 aliphatic rings. The number of nitrogens with zero attached hydrogens (tertiary/aromatic N) is 2. The first-order valence-electron chi connectivity index (χ1n) is 7.80. The molecule has 2 N–H and O–H groups in total. The molecule has 6 nitrogen and oxygen atoms in total. The number of hydrogen-bond donors (Lipinski definition) is 2. The first kappa shape index (κ1) is 18.3. The van der Waals surface area contributed by atoms with Crippen LogP contribution in [-0.4, -0.2) is 49.4 Å². The molecule has 1 atom stereocenters. The van der Waals surface area contributed by atoms with Crippen LogP contribution in [0.25, 0.3) is 0 Å². The van der Waals surface area contributed by atoms with E-state index in [1.807, 2.05) is 6.92 Å². The smallest absolute Gasteiger partial charge is 0.128 e. The van der Waals surface area contributed by atoms with Crippen molar-refractivity contribution in [3.05, 3.63) is 47.5 Å². The molecule has 132 valence electrons. The molecule has 2 rings (SSSR count).